The van der Waals surface area contributed by atoms with Crippen LogP contribution in [0.25, 0.3) is 0 Å². The Bertz CT molecular complexity index is 806. The first kappa shape index (κ1) is 16.3. The van der Waals surface area contributed by atoms with Crippen molar-refractivity contribution in [2.75, 3.05) is 11.4 Å². The zero-order valence-corrected chi connectivity index (χ0v) is 14.4. The number of fused-ring (bicyclic) bond motifs is 1. The zero-order valence-electron chi connectivity index (χ0n) is 14.4. The lowest BCUT2D eigenvalue weighted by atomic mass is 10.1. The molecule has 1 aliphatic rings. The van der Waals surface area contributed by atoms with E-state index in [4.69, 9.17) is 9.15 Å². The van der Waals surface area contributed by atoms with Gasteiger partial charge in [-0.2, -0.15) is 0 Å². The van der Waals surface area contributed by atoms with Crippen LogP contribution >= 0.6 is 0 Å². The summed E-state index contributed by atoms with van der Waals surface area (Å²) < 4.78 is 10.9. The van der Waals surface area contributed by atoms with Gasteiger partial charge in [0.15, 0.2) is 6.10 Å². The van der Waals surface area contributed by atoms with Crippen molar-refractivity contribution >= 4 is 17.6 Å². The number of carbonyl (C=O) groups is 2. The average molecular weight is 327 g/mol. The molecule has 5 nitrogen and oxygen atoms in total. The van der Waals surface area contributed by atoms with Gasteiger partial charge in [-0.05, 0) is 45.7 Å². The third-order valence-electron chi connectivity index (χ3n) is 4.55. The molecule has 1 aliphatic heterocycles. The van der Waals surface area contributed by atoms with Gasteiger partial charge in [-0.25, -0.2) is 4.79 Å². The van der Waals surface area contributed by atoms with Crippen LogP contribution in [0, 0.1) is 20.8 Å². The molecule has 1 amide bonds. The summed E-state index contributed by atoms with van der Waals surface area (Å²) >= 11 is 0. The quantitative estimate of drug-likeness (QED) is 0.811. The number of para-hydroxylation sites is 1. The number of esters is 1. The number of amides is 1. The van der Waals surface area contributed by atoms with Crippen molar-refractivity contribution < 1.29 is 18.7 Å². The molecule has 3 rings (SSSR count). The van der Waals surface area contributed by atoms with Crippen molar-refractivity contribution in [2.24, 2.45) is 0 Å². The minimum Gasteiger partial charge on any atom is -0.465 e. The molecule has 126 valence electrons. The second-order valence-corrected chi connectivity index (χ2v) is 6.13. The van der Waals surface area contributed by atoms with E-state index in [2.05, 4.69) is 0 Å². The molecule has 2 heterocycles. The molecule has 5 heteroatoms. The molecule has 0 fully saturated rings. The lowest BCUT2D eigenvalue weighted by molar-refractivity contribution is -0.126. The van der Waals surface area contributed by atoms with Crippen LogP contribution < -0.4 is 4.90 Å². The van der Waals surface area contributed by atoms with Crippen LogP contribution in [0.1, 0.15) is 39.9 Å². The highest BCUT2D eigenvalue weighted by Gasteiger charge is 2.31. The van der Waals surface area contributed by atoms with Crippen LogP contribution in [0.15, 0.2) is 28.7 Å². The molecule has 0 aliphatic carbocycles. The topological polar surface area (TPSA) is 59.8 Å². The van der Waals surface area contributed by atoms with Crippen LogP contribution in [0.3, 0.4) is 0 Å². The second kappa shape index (κ2) is 6.15. The van der Waals surface area contributed by atoms with Gasteiger partial charge in [0.05, 0.1) is 0 Å². The highest BCUT2D eigenvalue weighted by molar-refractivity contribution is 6.00. The van der Waals surface area contributed by atoms with E-state index < -0.39 is 12.1 Å². The zero-order chi connectivity index (χ0) is 17.4. The average Bonchev–Trinajstić information content (AvgIpc) is 3.08. The Balaban J connectivity index is 1.74. The number of hydrogen-bond acceptors (Lipinski definition) is 4. The van der Waals surface area contributed by atoms with Gasteiger partial charge in [0.1, 0.15) is 17.1 Å². The first-order chi connectivity index (χ1) is 11.4. The number of hydrogen-bond donors (Lipinski definition) is 0. The molecule has 0 radical (unpaired) electrons. The molecule has 1 aromatic carbocycles. The first-order valence-electron chi connectivity index (χ1n) is 8.07. The highest BCUT2D eigenvalue weighted by Crippen LogP contribution is 2.28. The largest absolute Gasteiger partial charge is 0.465 e. The van der Waals surface area contributed by atoms with E-state index in [1.54, 1.807) is 25.7 Å². The minimum absolute atomic E-state index is 0.205. The van der Waals surface area contributed by atoms with Crippen molar-refractivity contribution in [3.63, 3.8) is 0 Å². The third-order valence-corrected chi connectivity index (χ3v) is 4.55. The molecule has 1 aromatic heterocycles. The fraction of sp³-hybridized carbons (Fsp3) is 0.368. The van der Waals surface area contributed by atoms with Gasteiger partial charge in [0.2, 0.25) is 0 Å². The van der Waals surface area contributed by atoms with Gasteiger partial charge in [-0.1, -0.05) is 18.2 Å². The standard InChI is InChI=1S/C19H21NO4/c1-11-12(2)23-13(3)17(11)19(22)24-14(4)18(21)20-10-9-15-7-5-6-8-16(15)20/h5-8,14H,9-10H2,1-4H3. The normalized spacial score (nSPS) is 14.4. The van der Waals surface area contributed by atoms with E-state index in [1.165, 1.54) is 0 Å². The molecule has 0 saturated carbocycles. The maximum atomic E-state index is 12.7. The van der Waals surface area contributed by atoms with Gasteiger partial charge in [0.25, 0.3) is 5.91 Å². The minimum atomic E-state index is -0.849. The number of carbonyl (C=O) groups excluding carboxylic acids is 2. The Morgan fingerprint density at radius 2 is 1.88 bits per heavy atom. The number of rotatable bonds is 3. The number of nitrogens with zero attached hydrogens (tertiary/aromatic N) is 1. The smallest absolute Gasteiger partial charge is 0.342 e. The summed E-state index contributed by atoms with van der Waals surface area (Å²) in [6.07, 6.45) is -0.0282. The number of aryl methyl sites for hydroxylation is 2. The van der Waals surface area contributed by atoms with E-state index in [1.807, 2.05) is 31.2 Å². The highest BCUT2D eigenvalue weighted by atomic mass is 16.5. The maximum Gasteiger partial charge on any atom is 0.342 e. The number of ether oxygens (including phenoxy) is 1. The van der Waals surface area contributed by atoms with Crippen LogP contribution in [-0.2, 0) is 16.0 Å². The summed E-state index contributed by atoms with van der Waals surface area (Å²) in [6.45, 7) is 7.56. The fourth-order valence-corrected chi connectivity index (χ4v) is 3.15. The molecular formula is C19H21NO4. The van der Waals surface area contributed by atoms with Crippen molar-refractivity contribution in [3.05, 3.63) is 52.5 Å². The Hall–Kier alpha value is -2.56. The number of benzene rings is 1. The lowest BCUT2D eigenvalue weighted by Crippen LogP contribution is -2.39. The van der Waals surface area contributed by atoms with Crippen LogP contribution in [-0.4, -0.2) is 24.5 Å². The van der Waals surface area contributed by atoms with Gasteiger partial charge in [-0.15, -0.1) is 0 Å². The fourth-order valence-electron chi connectivity index (χ4n) is 3.15. The molecule has 1 unspecified atom stereocenters. The van der Waals surface area contributed by atoms with Crippen LogP contribution in [0.4, 0.5) is 5.69 Å². The summed E-state index contributed by atoms with van der Waals surface area (Å²) in [7, 11) is 0. The van der Waals surface area contributed by atoms with Gasteiger partial charge < -0.3 is 14.1 Å². The van der Waals surface area contributed by atoms with Crippen molar-refractivity contribution in [2.45, 2.75) is 40.2 Å². The van der Waals surface area contributed by atoms with Gasteiger partial charge in [0, 0.05) is 17.8 Å². The van der Waals surface area contributed by atoms with Crippen molar-refractivity contribution in [1.29, 1.82) is 0 Å². The Morgan fingerprint density at radius 1 is 1.17 bits per heavy atom. The monoisotopic (exact) mass is 327 g/mol. The summed E-state index contributed by atoms with van der Waals surface area (Å²) in [4.78, 5) is 26.8. The van der Waals surface area contributed by atoms with Gasteiger partial charge >= 0.3 is 5.97 Å². The van der Waals surface area contributed by atoms with E-state index >= 15 is 0 Å². The Morgan fingerprint density at radius 3 is 2.54 bits per heavy atom. The Kier molecular flexibility index (Phi) is 4.18. The second-order valence-electron chi connectivity index (χ2n) is 6.13. The van der Waals surface area contributed by atoms with Crippen LogP contribution in [0.2, 0.25) is 0 Å². The maximum absolute atomic E-state index is 12.7. The third kappa shape index (κ3) is 2.70. The molecule has 0 bridgehead atoms. The van der Waals surface area contributed by atoms with Crippen LogP contribution in [0.5, 0.6) is 0 Å². The molecule has 24 heavy (non-hydrogen) atoms. The van der Waals surface area contributed by atoms with E-state index in [0.717, 1.165) is 23.2 Å². The molecule has 0 saturated heterocycles. The Labute approximate surface area is 141 Å². The molecule has 2 aromatic rings. The molecular weight excluding hydrogens is 306 g/mol. The van der Waals surface area contributed by atoms with E-state index in [0.29, 0.717) is 23.6 Å². The summed E-state index contributed by atoms with van der Waals surface area (Å²) in [5.41, 5.74) is 3.20. The van der Waals surface area contributed by atoms with E-state index in [9.17, 15) is 9.59 Å². The van der Waals surface area contributed by atoms with E-state index in [-0.39, 0.29) is 5.91 Å². The predicted octanol–water partition coefficient (Wildman–Crippen LogP) is 3.34. The number of furan rings is 1. The first-order valence-corrected chi connectivity index (χ1v) is 8.07. The predicted molar refractivity (Wildman–Crippen MR) is 90.3 cm³/mol. The number of anilines is 1. The van der Waals surface area contributed by atoms with Crippen molar-refractivity contribution in [3.8, 4) is 0 Å². The molecule has 1 atom stereocenters. The summed E-state index contributed by atoms with van der Waals surface area (Å²) in [6, 6.07) is 7.80. The SMILES string of the molecule is Cc1oc(C)c(C(=O)OC(C)C(=O)N2CCc3ccccc32)c1C. The van der Waals surface area contributed by atoms with Crippen molar-refractivity contribution in [1.82, 2.24) is 0 Å². The molecule has 0 N–H and O–H groups in total. The summed E-state index contributed by atoms with van der Waals surface area (Å²) in [5.74, 6) is 0.479. The summed E-state index contributed by atoms with van der Waals surface area (Å²) in [5, 5.41) is 0. The van der Waals surface area contributed by atoms with Gasteiger partial charge in [-0.3, -0.25) is 4.79 Å². The lowest BCUT2D eigenvalue weighted by Gasteiger charge is -2.21. The molecule has 0 spiro atoms.